The molecule has 0 aliphatic carbocycles. The van der Waals surface area contributed by atoms with Gasteiger partial charge in [-0.05, 0) is 12.1 Å². The Hall–Kier alpha value is -1.62. The van der Waals surface area contributed by atoms with Crippen molar-refractivity contribution in [2.75, 3.05) is 11.9 Å². The molecule has 4 nitrogen and oxygen atoms in total. The lowest BCUT2D eigenvalue weighted by Crippen LogP contribution is -2.25. The van der Waals surface area contributed by atoms with Crippen molar-refractivity contribution >= 4 is 22.4 Å². The van der Waals surface area contributed by atoms with E-state index in [0.29, 0.717) is 10.9 Å². The van der Waals surface area contributed by atoms with Gasteiger partial charge in [-0.15, -0.1) is 11.3 Å². The zero-order valence-electron chi connectivity index (χ0n) is 7.51. The van der Waals surface area contributed by atoms with Gasteiger partial charge in [0.25, 0.3) is 5.91 Å². The first-order valence-electron chi connectivity index (χ1n) is 4.00. The molecule has 0 fully saturated rings. The Morgan fingerprint density at radius 3 is 3.07 bits per heavy atom. The van der Waals surface area contributed by atoms with Crippen molar-refractivity contribution in [3.63, 3.8) is 0 Å². The average molecular weight is 208 g/mol. The largest absolute Gasteiger partial charge is 0.459 e. The maximum Gasteiger partial charge on any atom is 0.295 e. The van der Waals surface area contributed by atoms with Crippen molar-refractivity contribution in [3.8, 4) is 0 Å². The van der Waals surface area contributed by atoms with E-state index < -0.39 is 0 Å². The lowest BCUT2D eigenvalue weighted by Gasteiger charge is -2.10. The smallest absolute Gasteiger partial charge is 0.295 e. The molecule has 0 saturated carbocycles. The second-order valence-electron chi connectivity index (χ2n) is 2.66. The molecule has 0 aromatic carbocycles. The molecule has 0 aliphatic rings. The topological polar surface area (TPSA) is 46.3 Å². The summed E-state index contributed by atoms with van der Waals surface area (Å²) in [5, 5.41) is 2.48. The third-order valence-corrected chi connectivity index (χ3v) is 2.59. The Morgan fingerprint density at radius 2 is 2.50 bits per heavy atom. The van der Waals surface area contributed by atoms with Gasteiger partial charge >= 0.3 is 0 Å². The predicted molar refractivity (Wildman–Crippen MR) is 53.6 cm³/mol. The Bertz CT molecular complexity index is 408. The highest BCUT2D eigenvalue weighted by atomic mass is 32.1. The monoisotopic (exact) mass is 208 g/mol. The number of hydrogen-bond acceptors (Lipinski definition) is 4. The number of amides is 1. The molecule has 0 spiro atoms. The van der Waals surface area contributed by atoms with E-state index in [0.717, 1.165) is 0 Å². The maximum atomic E-state index is 11.7. The van der Waals surface area contributed by atoms with Gasteiger partial charge in [-0.1, -0.05) is 0 Å². The van der Waals surface area contributed by atoms with Crippen LogP contribution in [0.5, 0.6) is 0 Å². The lowest BCUT2D eigenvalue weighted by molar-refractivity contribution is 0.0966. The molecular formula is C9H8N2O2S. The lowest BCUT2D eigenvalue weighted by atomic mass is 10.4. The van der Waals surface area contributed by atoms with Gasteiger partial charge < -0.3 is 4.42 Å². The summed E-state index contributed by atoms with van der Waals surface area (Å²) in [7, 11) is 1.67. The summed E-state index contributed by atoms with van der Waals surface area (Å²) < 4.78 is 5.00. The first kappa shape index (κ1) is 8.96. The molecule has 0 radical (unpaired) electrons. The Labute approximate surface area is 84.8 Å². The molecule has 2 rings (SSSR count). The minimum absolute atomic E-state index is 0.190. The van der Waals surface area contributed by atoms with E-state index in [9.17, 15) is 4.79 Å². The fourth-order valence-electron chi connectivity index (χ4n) is 1.03. The molecule has 1 amide bonds. The molecule has 0 bridgehead atoms. The van der Waals surface area contributed by atoms with Crippen molar-refractivity contribution < 1.29 is 9.21 Å². The number of nitrogens with zero attached hydrogens (tertiary/aromatic N) is 2. The molecule has 2 heterocycles. The Morgan fingerprint density at radius 1 is 1.64 bits per heavy atom. The van der Waals surface area contributed by atoms with E-state index in [1.807, 2.05) is 5.38 Å². The summed E-state index contributed by atoms with van der Waals surface area (Å²) >= 11 is 1.41. The SMILES string of the molecule is CN(C(=O)c1ccco1)c1nccs1. The molecule has 0 atom stereocenters. The van der Waals surface area contributed by atoms with Crippen LogP contribution in [0.25, 0.3) is 0 Å². The van der Waals surface area contributed by atoms with Crippen LogP contribution in [0.4, 0.5) is 5.13 Å². The van der Waals surface area contributed by atoms with Crippen LogP contribution in [0.15, 0.2) is 34.4 Å². The van der Waals surface area contributed by atoms with Crippen LogP contribution >= 0.6 is 11.3 Å². The van der Waals surface area contributed by atoms with E-state index in [1.54, 1.807) is 25.4 Å². The number of rotatable bonds is 2. The maximum absolute atomic E-state index is 11.7. The summed E-state index contributed by atoms with van der Waals surface area (Å²) in [5.41, 5.74) is 0. The summed E-state index contributed by atoms with van der Waals surface area (Å²) in [5.74, 6) is 0.132. The van der Waals surface area contributed by atoms with Crippen LogP contribution < -0.4 is 4.90 Å². The summed E-state index contributed by atoms with van der Waals surface area (Å²) in [6, 6.07) is 3.31. The Balaban J connectivity index is 2.21. The zero-order valence-corrected chi connectivity index (χ0v) is 8.32. The number of carbonyl (C=O) groups is 1. The standard InChI is InChI=1S/C9H8N2O2S/c1-11(9-10-4-6-14-9)8(12)7-3-2-5-13-7/h2-6H,1H3. The van der Waals surface area contributed by atoms with Crippen molar-refractivity contribution in [1.29, 1.82) is 0 Å². The van der Waals surface area contributed by atoms with Crippen LogP contribution in [0, 0.1) is 0 Å². The summed E-state index contributed by atoms with van der Waals surface area (Å²) in [4.78, 5) is 17.2. The van der Waals surface area contributed by atoms with Gasteiger partial charge in [-0.25, -0.2) is 4.98 Å². The highest BCUT2D eigenvalue weighted by Gasteiger charge is 2.17. The number of aromatic nitrogens is 1. The second-order valence-corrected chi connectivity index (χ2v) is 3.53. The normalized spacial score (nSPS) is 10.1. The number of carbonyl (C=O) groups excluding carboxylic acids is 1. The molecule has 0 saturated heterocycles. The quantitative estimate of drug-likeness (QED) is 0.758. The van der Waals surface area contributed by atoms with Crippen molar-refractivity contribution in [3.05, 3.63) is 35.7 Å². The van der Waals surface area contributed by atoms with Gasteiger partial charge in [0.05, 0.1) is 6.26 Å². The van der Waals surface area contributed by atoms with Crippen molar-refractivity contribution in [2.24, 2.45) is 0 Å². The number of thiazole rings is 1. The van der Waals surface area contributed by atoms with Crippen LogP contribution in [0.1, 0.15) is 10.6 Å². The molecule has 2 aromatic rings. The van der Waals surface area contributed by atoms with E-state index in [4.69, 9.17) is 4.42 Å². The van der Waals surface area contributed by atoms with E-state index in [1.165, 1.54) is 22.5 Å². The zero-order chi connectivity index (χ0) is 9.97. The van der Waals surface area contributed by atoms with Gasteiger partial charge in [0.2, 0.25) is 0 Å². The number of furan rings is 1. The minimum Gasteiger partial charge on any atom is -0.459 e. The van der Waals surface area contributed by atoms with Gasteiger partial charge in [0.15, 0.2) is 10.9 Å². The van der Waals surface area contributed by atoms with E-state index >= 15 is 0 Å². The van der Waals surface area contributed by atoms with Crippen LogP contribution in [-0.4, -0.2) is 17.9 Å². The predicted octanol–water partition coefficient (Wildman–Crippen LogP) is 2.01. The minimum atomic E-state index is -0.190. The average Bonchev–Trinajstić information content (AvgIpc) is 2.87. The third kappa shape index (κ3) is 1.54. The van der Waals surface area contributed by atoms with Gasteiger partial charge in [-0.3, -0.25) is 9.69 Å². The van der Waals surface area contributed by atoms with Crippen LogP contribution in [-0.2, 0) is 0 Å². The fraction of sp³-hybridized carbons (Fsp3) is 0.111. The molecule has 0 N–H and O–H groups in total. The second kappa shape index (κ2) is 3.63. The highest BCUT2D eigenvalue weighted by Crippen LogP contribution is 2.17. The molecule has 2 aromatic heterocycles. The van der Waals surface area contributed by atoms with Crippen molar-refractivity contribution in [2.45, 2.75) is 0 Å². The van der Waals surface area contributed by atoms with Gasteiger partial charge in [0.1, 0.15) is 0 Å². The number of anilines is 1. The van der Waals surface area contributed by atoms with E-state index in [-0.39, 0.29) is 5.91 Å². The molecular weight excluding hydrogens is 200 g/mol. The van der Waals surface area contributed by atoms with Crippen molar-refractivity contribution in [1.82, 2.24) is 4.98 Å². The highest BCUT2D eigenvalue weighted by molar-refractivity contribution is 7.13. The van der Waals surface area contributed by atoms with E-state index in [2.05, 4.69) is 4.98 Å². The third-order valence-electron chi connectivity index (χ3n) is 1.74. The summed E-state index contributed by atoms with van der Waals surface area (Å²) in [6.45, 7) is 0. The van der Waals surface area contributed by atoms with Crippen LogP contribution in [0.2, 0.25) is 0 Å². The fourth-order valence-corrected chi connectivity index (χ4v) is 1.64. The van der Waals surface area contributed by atoms with Crippen LogP contribution in [0.3, 0.4) is 0 Å². The Kier molecular flexibility index (Phi) is 2.32. The molecule has 72 valence electrons. The first-order valence-corrected chi connectivity index (χ1v) is 4.88. The summed E-state index contributed by atoms with van der Waals surface area (Å²) in [6.07, 6.45) is 3.13. The first-order chi connectivity index (χ1) is 6.79. The molecule has 0 unspecified atom stereocenters. The van der Waals surface area contributed by atoms with Gasteiger partial charge in [0, 0.05) is 18.6 Å². The van der Waals surface area contributed by atoms with Gasteiger partial charge in [-0.2, -0.15) is 0 Å². The molecule has 14 heavy (non-hydrogen) atoms. The number of hydrogen-bond donors (Lipinski definition) is 0. The molecule has 0 aliphatic heterocycles. The molecule has 5 heteroatoms.